The highest BCUT2D eigenvalue weighted by molar-refractivity contribution is 7.92. The van der Waals surface area contributed by atoms with Gasteiger partial charge in [0.05, 0.1) is 11.4 Å². The molecule has 17 heavy (non-hydrogen) atoms. The van der Waals surface area contributed by atoms with Gasteiger partial charge in [0.2, 0.25) is 0 Å². The van der Waals surface area contributed by atoms with Gasteiger partial charge in [-0.05, 0) is 18.9 Å². The van der Waals surface area contributed by atoms with Crippen molar-refractivity contribution in [2.75, 3.05) is 5.75 Å². The van der Waals surface area contributed by atoms with E-state index in [1.807, 2.05) is 19.1 Å². The van der Waals surface area contributed by atoms with Crippen LogP contribution >= 0.6 is 0 Å². The van der Waals surface area contributed by atoms with Crippen LogP contribution in [0.3, 0.4) is 0 Å². The summed E-state index contributed by atoms with van der Waals surface area (Å²) in [4.78, 5) is 0. The van der Waals surface area contributed by atoms with E-state index in [4.69, 9.17) is 0 Å². The lowest BCUT2D eigenvalue weighted by molar-refractivity contribution is 0.169. The molecule has 1 aromatic carbocycles. The maximum Gasteiger partial charge on any atom is 0.155 e. The lowest BCUT2D eigenvalue weighted by Crippen LogP contribution is -2.29. The zero-order chi connectivity index (χ0) is 13.1. The maximum absolute atomic E-state index is 11.9. The van der Waals surface area contributed by atoms with E-state index < -0.39 is 21.2 Å². The van der Waals surface area contributed by atoms with Gasteiger partial charge < -0.3 is 5.11 Å². The molecule has 4 heteroatoms. The Morgan fingerprint density at radius 2 is 1.71 bits per heavy atom. The van der Waals surface area contributed by atoms with Gasteiger partial charge in [-0.15, -0.1) is 0 Å². The molecule has 2 unspecified atom stereocenters. The molecule has 3 nitrogen and oxygen atoms in total. The Hall–Kier alpha value is -0.870. The third-order valence-electron chi connectivity index (χ3n) is 3.04. The van der Waals surface area contributed by atoms with Crippen molar-refractivity contribution in [1.82, 2.24) is 0 Å². The average molecular weight is 256 g/mol. The summed E-state index contributed by atoms with van der Waals surface area (Å²) in [6.45, 7) is 5.35. The molecule has 1 aromatic rings. The van der Waals surface area contributed by atoms with E-state index in [-0.39, 0.29) is 5.75 Å². The monoisotopic (exact) mass is 256 g/mol. The number of benzene rings is 1. The van der Waals surface area contributed by atoms with E-state index in [2.05, 4.69) is 0 Å². The van der Waals surface area contributed by atoms with Crippen molar-refractivity contribution in [3.05, 3.63) is 35.4 Å². The molecule has 0 radical (unpaired) electrons. The average Bonchev–Trinajstić information content (AvgIpc) is 2.30. The van der Waals surface area contributed by atoms with Crippen LogP contribution in [-0.2, 0) is 9.84 Å². The second-order valence-corrected chi connectivity index (χ2v) is 6.76. The highest BCUT2D eigenvalue weighted by Gasteiger charge is 2.30. The van der Waals surface area contributed by atoms with Crippen molar-refractivity contribution in [1.29, 1.82) is 0 Å². The van der Waals surface area contributed by atoms with Crippen LogP contribution in [0.25, 0.3) is 0 Å². The zero-order valence-corrected chi connectivity index (χ0v) is 11.4. The molecule has 0 spiro atoms. The van der Waals surface area contributed by atoms with Gasteiger partial charge in [0.15, 0.2) is 9.84 Å². The molecule has 2 atom stereocenters. The van der Waals surface area contributed by atoms with Crippen LogP contribution in [0.2, 0.25) is 0 Å². The molecule has 0 fully saturated rings. The molecule has 1 rings (SSSR count). The van der Waals surface area contributed by atoms with Crippen molar-refractivity contribution in [2.24, 2.45) is 0 Å². The molecule has 0 aliphatic carbocycles. The first-order valence-corrected chi connectivity index (χ1v) is 7.60. The Kier molecular flexibility index (Phi) is 4.71. The van der Waals surface area contributed by atoms with E-state index in [0.717, 1.165) is 5.56 Å². The topological polar surface area (TPSA) is 54.4 Å². The summed E-state index contributed by atoms with van der Waals surface area (Å²) < 4.78 is 23.7. The Morgan fingerprint density at radius 3 is 2.12 bits per heavy atom. The minimum atomic E-state index is -3.22. The van der Waals surface area contributed by atoms with E-state index in [1.54, 1.807) is 26.0 Å². The fourth-order valence-corrected chi connectivity index (χ4v) is 3.35. The molecule has 0 bridgehead atoms. The number of rotatable bonds is 5. The van der Waals surface area contributed by atoms with Crippen LogP contribution in [0.5, 0.6) is 0 Å². The van der Waals surface area contributed by atoms with Gasteiger partial charge in [-0.3, -0.25) is 0 Å². The van der Waals surface area contributed by atoms with Gasteiger partial charge >= 0.3 is 0 Å². The fourth-order valence-electron chi connectivity index (χ4n) is 1.87. The fraction of sp³-hybridized carbons (Fsp3) is 0.538. The van der Waals surface area contributed by atoms with Crippen molar-refractivity contribution in [3.8, 4) is 0 Å². The van der Waals surface area contributed by atoms with Crippen LogP contribution < -0.4 is 0 Å². The predicted molar refractivity (Wildman–Crippen MR) is 69.7 cm³/mol. The molecule has 96 valence electrons. The van der Waals surface area contributed by atoms with Crippen molar-refractivity contribution in [3.63, 3.8) is 0 Å². The minimum Gasteiger partial charge on any atom is -0.387 e. The highest BCUT2D eigenvalue weighted by atomic mass is 32.2. The van der Waals surface area contributed by atoms with E-state index >= 15 is 0 Å². The van der Waals surface area contributed by atoms with Gasteiger partial charge in [-0.2, -0.15) is 0 Å². The molecular weight excluding hydrogens is 236 g/mol. The first-order chi connectivity index (χ1) is 7.92. The Bertz CT molecular complexity index is 448. The summed E-state index contributed by atoms with van der Waals surface area (Å²) in [7, 11) is -3.22. The largest absolute Gasteiger partial charge is 0.387 e. The second-order valence-electron chi connectivity index (χ2n) is 4.25. The summed E-state index contributed by atoms with van der Waals surface area (Å²) in [6, 6.07) is 7.33. The molecule has 0 aromatic heterocycles. The van der Waals surface area contributed by atoms with Crippen LogP contribution in [0, 0.1) is 6.92 Å². The van der Waals surface area contributed by atoms with Crippen molar-refractivity contribution < 1.29 is 13.5 Å². The van der Waals surface area contributed by atoms with Crippen LogP contribution in [0.4, 0.5) is 0 Å². The molecule has 0 saturated carbocycles. The Morgan fingerprint density at radius 1 is 1.18 bits per heavy atom. The number of aryl methyl sites for hydroxylation is 1. The lowest BCUT2D eigenvalue weighted by atomic mass is 10.0. The van der Waals surface area contributed by atoms with E-state index in [9.17, 15) is 13.5 Å². The standard InChI is InChI=1S/C13H20O3S/c1-4-12(17(15,16)5-2)13(14)11-8-6-10(3)7-9-11/h6-9,12-14H,4-5H2,1-3H3. The molecule has 1 N–H and O–H groups in total. The third kappa shape index (κ3) is 3.30. The zero-order valence-electron chi connectivity index (χ0n) is 10.6. The van der Waals surface area contributed by atoms with E-state index in [0.29, 0.717) is 12.0 Å². The normalized spacial score (nSPS) is 15.5. The Balaban J connectivity index is 3.02. The van der Waals surface area contributed by atoms with E-state index in [1.165, 1.54) is 0 Å². The molecule has 0 amide bonds. The van der Waals surface area contributed by atoms with Crippen LogP contribution in [-0.4, -0.2) is 24.5 Å². The lowest BCUT2D eigenvalue weighted by Gasteiger charge is -2.21. The van der Waals surface area contributed by atoms with Crippen molar-refractivity contribution >= 4 is 9.84 Å². The molecule has 0 aliphatic heterocycles. The molecule has 0 aliphatic rings. The third-order valence-corrected chi connectivity index (χ3v) is 5.36. The van der Waals surface area contributed by atoms with Crippen LogP contribution in [0.15, 0.2) is 24.3 Å². The number of aliphatic hydroxyl groups is 1. The summed E-state index contributed by atoms with van der Waals surface area (Å²) >= 11 is 0. The molecule has 0 saturated heterocycles. The van der Waals surface area contributed by atoms with Crippen LogP contribution in [0.1, 0.15) is 37.5 Å². The van der Waals surface area contributed by atoms with Gasteiger partial charge in [0.25, 0.3) is 0 Å². The number of hydrogen-bond acceptors (Lipinski definition) is 3. The minimum absolute atomic E-state index is 0.0639. The van der Waals surface area contributed by atoms with Crippen molar-refractivity contribution in [2.45, 2.75) is 38.5 Å². The first-order valence-electron chi connectivity index (χ1n) is 5.88. The van der Waals surface area contributed by atoms with Gasteiger partial charge in [0, 0.05) is 5.75 Å². The van der Waals surface area contributed by atoms with Gasteiger partial charge in [0.1, 0.15) is 0 Å². The Labute approximate surface area is 103 Å². The maximum atomic E-state index is 11.9. The number of hydrogen-bond donors (Lipinski definition) is 1. The quantitative estimate of drug-likeness (QED) is 0.879. The summed E-state index contributed by atoms with van der Waals surface area (Å²) in [5, 5.41) is 9.45. The number of aliphatic hydroxyl groups excluding tert-OH is 1. The highest BCUT2D eigenvalue weighted by Crippen LogP contribution is 2.25. The predicted octanol–water partition coefficient (Wildman–Crippen LogP) is 2.24. The number of sulfone groups is 1. The molecule has 0 heterocycles. The smallest absolute Gasteiger partial charge is 0.155 e. The summed E-state index contributed by atoms with van der Waals surface area (Å²) in [6.07, 6.45) is -0.517. The summed E-state index contributed by atoms with van der Waals surface area (Å²) in [5.41, 5.74) is 1.76. The molecular formula is C13H20O3S. The summed E-state index contributed by atoms with van der Waals surface area (Å²) in [5.74, 6) is 0.0639. The SMILES string of the molecule is CCC(C(O)c1ccc(C)cc1)S(=O)(=O)CC. The first kappa shape index (κ1) is 14.2. The second kappa shape index (κ2) is 5.65. The van der Waals surface area contributed by atoms with Gasteiger partial charge in [-0.25, -0.2) is 8.42 Å². The van der Waals surface area contributed by atoms with Gasteiger partial charge in [-0.1, -0.05) is 43.7 Å².